The lowest BCUT2D eigenvalue weighted by molar-refractivity contribution is 0.375. The lowest BCUT2D eigenvalue weighted by Crippen LogP contribution is -2.24. The van der Waals surface area contributed by atoms with Crippen LogP contribution in [0, 0.1) is 11.6 Å². The molecule has 1 heterocycles. The summed E-state index contributed by atoms with van der Waals surface area (Å²) in [6, 6.07) is 13.3. The second-order valence-electron chi connectivity index (χ2n) is 5.93. The molecule has 2 aromatic carbocycles. The van der Waals surface area contributed by atoms with Crippen LogP contribution in [0.2, 0.25) is 0 Å². The molecule has 2 unspecified atom stereocenters. The van der Waals surface area contributed by atoms with Crippen LogP contribution < -0.4 is 5.32 Å². The predicted octanol–water partition coefficient (Wildman–Crippen LogP) is 4.38. The van der Waals surface area contributed by atoms with Gasteiger partial charge in [-0.3, -0.25) is 0 Å². The third-order valence-electron chi connectivity index (χ3n) is 3.93. The van der Waals surface area contributed by atoms with E-state index in [0.29, 0.717) is 23.0 Å². The molecule has 136 valence electrons. The van der Waals surface area contributed by atoms with Crippen LogP contribution in [0.5, 0.6) is 0 Å². The molecule has 0 saturated carbocycles. The Labute approximate surface area is 155 Å². The highest BCUT2D eigenvalue weighted by Crippen LogP contribution is 2.40. The molecule has 1 N–H and O–H groups in total. The van der Waals surface area contributed by atoms with Crippen molar-refractivity contribution in [2.75, 3.05) is 7.05 Å². The fourth-order valence-electron chi connectivity index (χ4n) is 2.42. The van der Waals surface area contributed by atoms with Gasteiger partial charge in [0, 0.05) is 23.4 Å². The van der Waals surface area contributed by atoms with Crippen molar-refractivity contribution in [2.45, 2.75) is 29.5 Å². The van der Waals surface area contributed by atoms with Crippen LogP contribution in [0.25, 0.3) is 0 Å². The zero-order valence-electron chi connectivity index (χ0n) is 14.4. The van der Waals surface area contributed by atoms with Crippen molar-refractivity contribution in [1.82, 2.24) is 15.5 Å². The standard InChI is InChI=1S/C19H19F2N3OS/c1-12(22-2)10-17-23-19(25-24-17)18(13-6-4-3-5-7-13)26-16-9-8-14(20)11-15(16)21/h3-9,11-12,18,22H,10H2,1-2H3. The van der Waals surface area contributed by atoms with Crippen molar-refractivity contribution in [3.8, 4) is 0 Å². The topological polar surface area (TPSA) is 51.0 Å². The number of aromatic nitrogens is 2. The average Bonchev–Trinajstić information content (AvgIpc) is 3.09. The van der Waals surface area contributed by atoms with Crippen molar-refractivity contribution < 1.29 is 13.3 Å². The molecule has 0 aliphatic carbocycles. The van der Waals surface area contributed by atoms with Gasteiger partial charge in [0.05, 0.1) is 0 Å². The smallest absolute Gasteiger partial charge is 0.244 e. The maximum absolute atomic E-state index is 14.1. The molecular formula is C19H19F2N3OS. The van der Waals surface area contributed by atoms with Gasteiger partial charge in [-0.25, -0.2) is 8.78 Å². The van der Waals surface area contributed by atoms with E-state index in [1.165, 1.54) is 23.9 Å². The molecule has 1 aromatic heterocycles. The van der Waals surface area contributed by atoms with E-state index in [0.717, 1.165) is 11.6 Å². The van der Waals surface area contributed by atoms with Gasteiger partial charge in [-0.15, -0.1) is 11.8 Å². The summed E-state index contributed by atoms with van der Waals surface area (Å²) in [5.41, 5.74) is 0.901. The zero-order valence-corrected chi connectivity index (χ0v) is 15.3. The van der Waals surface area contributed by atoms with E-state index >= 15 is 0 Å². The van der Waals surface area contributed by atoms with Crippen LogP contribution in [-0.4, -0.2) is 23.2 Å². The van der Waals surface area contributed by atoms with Crippen LogP contribution in [0.1, 0.15) is 29.5 Å². The van der Waals surface area contributed by atoms with Gasteiger partial charge in [0.25, 0.3) is 0 Å². The SMILES string of the molecule is CNC(C)Cc1noc(C(Sc2ccc(F)cc2F)c2ccccc2)n1. The quantitative estimate of drug-likeness (QED) is 0.621. The Morgan fingerprint density at radius 2 is 1.92 bits per heavy atom. The highest BCUT2D eigenvalue weighted by atomic mass is 32.2. The number of halogens is 2. The summed E-state index contributed by atoms with van der Waals surface area (Å²) in [7, 11) is 1.87. The van der Waals surface area contributed by atoms with Crippen LogP contribution in [0.15, 0.2) is 57.9 Å². The second-order valence-corrected chi connectivity index (χ2v) is 7.07. The monoisotopic (exact) mass is 375 g/mol. The molecule has 3 aromatic rings. The number of thioether (sulfide) groups is 1. The summed E-state index contributed by atoms with van der Waals surface area (Å²) in [6.07, 6.45) is 0.622. The van der Waals surface area contributed by atoms with Gasteiger partial charge in [-0.1, -0.05) is 35.5 Å². The third-order valence-corrected chi connectivity index (χ3v) is 5.23. The van der Waals surface area contributed by atoms with Gasteiger partial charge in [-0.2, -0.15) is 4.98 Å². The maximum atomic E-state index is 14.1. The minimum Gasteiger partial charge on any atom is -0.338 e. The number of nitrogens with zero attached hydrogens (tertiary/aromatic N) is 2. The third kappa shape index (κ3) is 4.47. The molecule has 0 saturated heterocycles. The summed E-state index contributed by atoms with van der Waals surface area (Å²) in [6.45, 7) is 2.02. The van der Waals surface area contributed by atoms with Gasteiger partial charge in [0.15, 0.2) is 5.82 Å². The zero-order chi connectivity index (χ0) is 18.5. The van der Waals surface area contributed by atoms with Crippen LogP contribution in [0.3, 0.4) is 0 Å². The molecule has 26 heavy (non-hydrogen) atoms. The molecular weight excluding hydrogens is 356 g/mol. The second kappa shape index (κ2) is 8.42. The molecule has 7 heteroatoms. The van der Waals surface area contributed by atoms with Crippen molar-refractivity contribution in [2.24, 2.45) is 0 Å². The number of nitrogens with one attached hydrogen (secondary N) is 1. The van der Waals surface area contributed by atoms with Crippen LogP contribution >= 0.6 is 11.8 Å². The summed E-state index contributed by atoms with van der Waals surface area (Å²) in [4.78, 5) is 4.81. The largest absolute Gasteiger partial charge is 0.338 e. The molecule has 4 nitrogen and oxygen atoms in total. The van der Waals surface area contributed by atoms with Gasteiger partial charge in [0.1, 0.15) is 16.9 Å². The van der Waals surface area contributed by atoms with Crippen molar-refractivity contribution in [3.63, 3.8) is 0 Å². The number of hydrogen-bond acceptors (Lipinski definition) is 5. The molecule has 0 fully saturated rings. The molecule has 0 aliphatic heterocycles. The Bertz CT molecular complexity index is 857. The van der Waals surface area contributed by atoms with Gasteiger partial charge < -0.3 is 9.84 Å². The first-order chi connectivity index (χ1) is 12.6. The van der Waals surface area contributed by atoms with Crippen LogP contribution in [0.4, 0.5) is 8.78 Å². The summed E-state index contributed by atoms with van der Waals surface area (Å²) < 4.78 is 32.8. The van der Waals surface area contributed by atoms with Gasteiger partial charge >= 0.3 is 0 Å². The molecule has 0 radical (unpaired) electrons. The minimum absolute atomic E-state index is 0.206. The van der Waals surface area contributed by atoms with Crippen molar-refractivity contribution in [3.05, 3.63) is 77.4 Å². The predicted molar refractivity (Wildman–Crippen MR) is 97.0 cm³/mol. The Kier molecular flexibility index (Phi) is 6.00. The highest BCUT2D eigenvalue weighted by molar-refractivity contribution is 7.99. The molecule has 0 amide bonds. The normalized spacial score (nSPS) is 13.5. The molecule has 0 spiro atoms. The molecule has 0 aliphatic rings. The van der Waals surface area contributed by atoms with E-state index in [9.17, 15) is 8.78 Å². The summed E-state index contributed by atoms with van der Waals surface area (Å²) in [5.74, 6) is -0.241. The fraction of sp³-hybridized carbons (Fsp3) is 0.263. The first-order valence-corrected chi connectivity index (χ1v) is 9.11. The lowest BCUT2D eigenvalue weighted by Gasteiger charge is -2.13. The first-order valence-electron chi connectivity index (χ1n) is 8.23. The van der Waals surface area contributed by atoms with Gasteiger partial charge in [-0.05, 0) is 31.7 Å². The van der Waals surface area contributed by atoms with E-state index in [1.54, 1.807) is 0 Å². The number of rotatable bonds is 7. The number of hydrogen-bond donors (Lipinski definition) is 1. The van der Waals surface area contributed by atoms with E-state index in [4.69, 9.17) is 4.52 Å². The average molecular weight is 375 g/mol. The Balaban J connectivity index is 1.91. The van der Waals surface area contributed by atoms with Crippen molar-refractivity contribution >= 4 is 11.8 Å². The fourth-order valence-corrected chi connectivity index (χ4v) is 3.48. The van der Waals surface area contributed by atoms with E-state index < -0.39 is 11.6 Å². The van der Waals surface area contributed by atoms with E-state index in [1.807, 2.05) is 44.3 Å². The van der Waals surface area contributed by atoms with Crippen LogP contribution in [-0.2, 0) is 6.42 Å². The molecule has 2 atom stereocenters. The van der Waals surface area contributed by atoms with Gasteiger partial charge in [0.2, 0.25) is 5.89 Å². The Morgan fingerprint density at radius 3 is 2.62 bits per heavy atom. The van der Waals surface area contributed by atoms with Crippen molar-refractivity contribution in [1.29, 1.82) is 0 Å². The number of benzene rings is 2. The minimum atomic E-state index is -0.612. The summed E-state index contributed by atoms with van der Waals surface area (Å²) in [5, 5.41) is 6.77. The number of likely N-dealkylation sites (N-methyl/N-ethyl adjacent to an activating group) is 1. The molecule has 3 rings (SSSR count). The summed E-state index contributed by atoms with van der Waals surface area (Å²) >= 11 is 1.21. The highest BCUT2D eigenvalue weighted by Gasteiger charge is 2.24. The Morgan fingerprint density at radius 1 is 1.15 bits per heavy atom. The first kappa shape index (κ1) is 18.5. The lowest BCUT2D eigenvalue weighted by atomic mass is 10.1. The Hall–Kier alpha value is -2.25. The van der Waals surface area contributed by atoms with E-state index in [-0.39, 0.29) is 11.3 Å². The maximum Gasteiger partial charge on any atom is 0.244 e. The van der Waals surface area contributed by atoms with E-state index in [2.05, 4.69) is 15.5 Å². The molecule has 0 bridgehead atoms.